The number of nitrogens with two attached hydrogens (primary N) is 1. The maximum atomic E-state index is 9.23. The van der Waals surface area contributed by atoms with Crippen LogP contribution in [-0.2, 0) is 0 Å². The average Bonchev–Trinajstić information content (AvgIpc) is 2.14. The Morgan fingerprint density at radius 3 is 2.92 bits per heavy atom. The molecule has 0 amide bonds. The lowest BCUT2D eigenvalue weighted by Crippen LogP contribution is -2.25. The Labute approximate surface area is 78.6 Å². The van der Waals surface area contributed by atoms with E-state index in [1.807, 2.05) is 19.1 Å². The van der Waals surface area contributed by atoms with E-state index < -0.39 is 0 Å². The van der Waals surface area contributed by atoms with Crippen molar-refractivity contribution < 1.29 is 5.11 Å². The van der Waals surface area contributed by atoms with Gasteiger partial charge < -0.3 is 16.2 Å². The summed E-state index contributed by atoms with van der Waals surface area (Å²) in [5, 5.41) is 12.5. The Balaban J connectivity index is 2.60. The van der Waals surface area contributed by atoms with Crippen molar-refractivity contribution in [1.82, 2.24) is 5.32 Å². The van der Waals surface area contributed by atoms with E-state index in [0.717, 1.165) is 12.1 Å². The largest absolute Gasteiger partial charge is 0.508 e. The van der Waals surface area contributed by atoms with Crippen molar-refractivity contribution in [3.05, 3.63) is 29.8 Å². The van der Waals surface area contributed by atoms with Gasteiger partial charge in [-0.05, 0) is 24.6 Å². The molecule has 3 nitrogen and oxygen atoms in total. The first-order chi connectivity index (χ1) is 6.24. The molecule has 0 fully saturated rings. The predicted molar refractivity (Wildman–Crippen MR) is 53.6 cm³/mol. The van der Waals surface area contributed by atoms with E-state index in [1.54, 1.807) is 12.1 Å². The third-order valence-electron chi connectivity index (χ3n) is 1.97. The Morgan fingerprint density at radius 2 is 2.31 bits per heavy atom. The molecule has 0 bridgehead atoms. The van der Waals surface area contributed by atoms with E-state index in [4.69, 9.17) is 5.73 Å². The van der Waals surface area contributed by atoms with Crippen LogP contribution in [0, 0.1) is 0 Å². The second-order valence-electron chi connectivity index (χ2n) is 3.06. The minimum atomic E-state index is 0.232. The normalized spacial score (nSPS) is 12.8. The van der Waals surface area contributed by atoms with Crippen molar-refractivity contribution >= 4 is 0 Å². The summed E-state index contributed by atoms with van der Waals surface area (Å²) in [6.07, 6.45) is 0. The minimum Gasteiger partial charge on any atom is -0.508 e. The fourth-order valence-corrected chi connectivity index (χ4v) is 1.21. The van der Waals surface area contributed by atoms with E-state index in [1.165, 1.54) is 0 Å². The second kappa shape index (κ2) is 4.84. The van der Waals surface area contributed by atoms with Gasteiger partial charge in [0.1, 0.15) is 5.75 Å². The molecule has 0 aliphatic carbocycles. The van der Waals surface area contributed by atoms with Gasteiger partial charge in [0.2, 0.25) is 0 Å². The molecular weight excluding hydrogens is 164 g/mol. The van der Waals surface area contributed by atoms with Gasteiger partial charge in [0.05, 0.1) is 0 Å². The van der Waals surface area contributed by atoms with Crippen LogP contribution in [0.1, 0.15) is 18.5 Å². The number of aromatic hydroxyl groups is 1. The van der Waals surface area contributed by atoms with Gasteiger partial charge in [-0.3, -0.25) is 0 Å². The summed E-state index contributed by atoms with van der Waals surface area (Å²) < 4.78 is 0. The molecule has 13 heavy (non-hydrogen) atoms. The molecule has 3 heteroatoms. The van der Waals surface area contributed by atoms with Gasteiger partial charge in [-0.1, -0.05) is 12.1 Å². The number of benzene rings is 1. The molecule has 4 N–H and O–H groups in total. The topological polar surface area (TPSA) is 58.3 Å². The molecule has 1 aromatic rings. The van der Waals surface area contributed by atoms with Crippen molar-refractivity contribution in [2.75, 3.05) is 13.1 Å². The Hall–Kier alpha value is -1.06. The smallest absolute Gasteiger partial charge is 0.115 e. The summed E-state index contributed by atoms with van der Waals surface area (Å²) in [5.41, 5.74) is 6.45. The van der Waals surface area contributed by atoms with Crippen LogP contribution in [0.4, 0.5) is 0 Å². The summed E-state index contributed by atoms with van der Waals surface area (Å²) in [6, 6.07) is 7.47. The number of rotatable bonds is 4. The molecule has 0 aromatic heterocycles. The summed E-state index contributed by atoms with van der Waals surface area (Å²) in [5.74, 6) is 0.305. The molecule has 0 aliphatic heterocycles. The minimum absolute atomic E-state index is 0.232. The van der Waals surface area contributed by atoms with Gasteiger partial charge in [-0.25, -0.2) is 0 Å². The summed E-state index contributed by atoms with van der Waals surface area (Å²) in [7, 11) is 0. The van der Waals surface area contributed by atoms with Gasteiger partial charge in [0.15, 0.2) is 0 Å². The third kappa shape index (κ3) is 3.05. The standard InChI is InChI=1S/C10H16N2O/c1-8(12-6-5-11)9-3-2-4-10(13)7-9/h2-4,7-8,12-13H,5-6,11H2,1H3. The molecule has 0 radical (unpaired) electrons. The first-order valence-corrected chi connectivity index (χ1v) is 4.46. The zero-order valence-corrected chi connectivity index (χ0v) is 7.83. The number of phenolic OH excluding ortho intramolecular Hbond substituents is 1. The van der Waals surface area contributed by atoms with Crippen LogP contribution >= 0.6 is 0 Å². The molecule has 72 valence electrons. The number of hydrogen-bond acceptors (Lipinski definition) is 3. The van der Waals surface area contributed by atoms with Crippen molar-refractivity contribution in [1.29, 1.82) is 0 Å². The van der Waals surface area contributed by atoms with Crippen molar-refractivity contribution in [3.63, 3.8) is 0 Å². The van der Waals surface area contributed by atoms with Gasteiger partial charge in [-0.15, -0.1) is 0 Å². The van der Waals surface area contributed by atoms with Crippen molar-refractivity contribution in [2.45, 2.75) is 13.0 Å². The first kappa shape index (κ1) is 10.0. The lowest BCUT2D eigenvalue weighted by Gasteiger charge is -2.13. The Kier molecular flexibility index (Phi) is 3.73. The van der Waals surface area contributed by atoms with Crippen LogP contribution in [0.15, 0.2) is 24.3 Å². The Morgan fingerprint density at radius 1 is 1.54 bits per heavy atom. The van der Waals surface area contributed by atoms with E-state index in [-0.39, 0.29) is 6.04 Å². The highest BCUT2D eigenvalue weighted by Gasteiger charge is 2.03. The summed E-state index contributed by atoms with van der Waals surface area (Å²) >= 11 is 0. The molecule has 0 heterocycles. The maximum absolute atomic E-state index is 9.23. The van der Waals surface area contributed by atoms with Gasteiger partial charge in [-0.2, -0.15) is 0 Å². The summed E-state index contributed by atoms with van der Waals surface area (Å²) in [6.45, 7) is 3.46. The molecule has 1 rings (SSSR count). The third-order valence-corrected chi connectivity index (χ3v) is 1.97. The quantitative estimate of drug-likeness (QED) is 0.648. The molecular formula is C10H16N2O. The van der Waals surface area contributed by atoms with Crippen molar-refractivity contribution in [3.8, 4) is 5.75 Å². The summed E-state index contributed by atoms with van der Waals surface area (Å²) in [4.78, 5) is 0. The fraction of sp³-hybridized carbons (Fsp3) is 0.400. The number of phenols is 1. The Bertz CT molecular complexity index is 263. The van der Waals surface area contributed by atoms with E-state index >= 15 is 0 Å². The van der Waals surface area contributed by atoms with E-state index in [2.05, 4.69) is 5.32 Å². The lowest BCUT2D eigenvalue weighted by molar-refractivity contribution is 0.472. The van der Waals surface area contributed by atoms with Crippen LogP contribution in [0.5, 0.6) is 5.75 Å². The highest BCUT2D eigenvalue weighted by Crippen LogP contribution is 2.17. The average molecular weight is 180 g/mol. The zero-order valence-electron chi connectivity index (χ0n) is 7.83. The highest BCUT2D eigenvalue weighted by molar-refractivity contribution is 5.28. The molecule has 0 saturated carbocycles. The second-order valence-corrected chi connectivity index (χ2v) is 3.06. The van der Waals surface area contributed by atoms with Gasteiger partial charge >= 0.3 is 0 Å². The molecule has 0 aliphatic rings. The lowest BCUT2D eigenvalue weighted by atomic mass is 10.1. The first-order valence-electron chi connectivity index (χ1n) is 4.46. The predicted octanol–water partition coefficient (Wildman–Crippen LogP) is 1.00. The zero-order chi connectivity index (χ0) is 9.68. The van der Waals surface area contributed by atoms with E-state index in [9.17, 15) is 5.11 Å². The van der Waals surface area contributed by atoms with Crippen LogP contribution < -0.4 is 11.1 Å². The SMILES string of the molecule is CC(NCCN)c1cccc(O)c1. The fourth-order valence-electron chi connectivity index (χ4n) is 1.21. The van der Waals surface area contributed by atoms with Crippen LogP contribution in [-0.4, -0.2) is 18.2 Å². The van der Waals surface area contributed by atoms with E-state index in [0.29, 0.717) is 12.3 Å². The molecule has 1 atom stereocenters. The number of nitrogens with one attached hydrogen (secondary N) is 1. The van der Waals surface area contributed by atoms with Gasteiger partial charge in [0.25, 0.3) is 0 Å². The molecule has 1 unspecified atom stereocenters. The monoisotopic (exact) mass is 180 g/mol. The number of hydrogen-bond donors (Lipinski definition) is 3. The molecule has 1 aromatic carbocycles. The highest BCUT2D eigenvalue weighted by atomic mass is 16.3. The van der Waals surface area contributed by atoms with Gasteiger partial charge in [0, 0.05) is 19.1 Å². The van der Waals surface area contributed by atoms with Crippen LogP contribution in [0.3, 0.4) is 0 Å². The maximum Gasteiger partial charge on any atom is 0.115 e. The van der Waals surface area contributed by atoms with Crippen molar-refractivity contribution in [2.24, 2.45) is 5.73 Å². The van der Waals surface area contributed by atoms with Crippen LogP contribution in [0.25, 0.3) is 0 Å². The molecule has 0 spiro atoms. The molecule has 0 saturated heterocycles. The van der Waals surface area contributed by atoms with Crippen LogP contribution in [0.2, 0.25) is 0 Å².